The molecule has 3 rings (SSSR count). The lowest BCUT2D eigenvalue weighted by molar-refractivity contribution is -0.124. The molecule has 1 N–H and O–H groups in total. The molecule has 0 unspecified atom stereocenters. The second-order valence-electron chi connectivity index (χ2n) is 7.14. The predicted octanol–water partition coefficient (Wildman–Crippen LogP) is 3.01. The number of carbonyl (C=O) groups is 1. The fourth-order valence-electron chi connectivity index (χ4n) is 3.54. The highest BCUT2D eigenvalue weighted by molar-refractivity contribution is 5.96. The van der Waals surface area contributed by atoms with Gasteiger partial charge < -0.3 is 19.7 Å². The van der Waals surface area contributed by atoms with Crippen LogP contribution in [0.25, 0.3) is 5.70 Å². The van der Waals surface area contributed by atoms with Gasteiger partial charge in [-0.15, -0.1) is 12.4 Å². The average molecular weight is 367 g/mol. The summed E-state index contributed by atoms with van der Waals surface area (Å²) in [5.74, 6) is 1.48. The number of fused-ring (bicyclic) bond motifs is 1. The number of amides is 1. The van der Waals surface area contributed by atoms with Crippen molar-refractivity contribution in [3.8, 4) is 11.5 Å². The zero-order valence-corrected chi connectivity index (χ0v) is 16.2. The summed E-state index contributed by atoms with van der Waals surface area (Å²) < 4.78 is 10.9. The van der Waals surface area contributed by atoms with Gasteiger partial charge in [-0.1, -0.05) is 0 Å². The first-order valence-electron chi connectivity index (χ1n) is 8.47. The summed E-state index contributed by atoms with van der Waals surface area (Å²) in [4.78, 5) is 14.5. The number of likely N-dealkylation sites (tertiary alicyclic amines) is 1. The first kappa shape index (κ1) is 19.4. The molecule has 0 aromatic heterocycles. The molecule has 25 heavy (non-hydrogen) atoms. The van der Waals surface area contributed by atoms with Crippen LogP contribution in [0.1, 0.15) is 37.8 Å². The molecule has 0 spiro atoms. The van der Waals surface area contributed by atoms with Gasteiger partial charge in [-0.2, -0.15) is 0 Å². The summed E-state index contributed by atoms with van der Waals surface area (Å²) in [6.45, 7) is 5.98. The van der Waals surface area contributed by atoms with Crippen LogP contribution in [0.4, 0.5) is 0 Å². The number of rotatable bonds is 3. The van der Waals surface area contributed by atoms with E-state index in [1.54, 1.807) is 20.3 Å². The molecule has 138 valence electrons. The van der Waals surface area contributed by atoms with Crippen LogP contribution >= 0.6 is 12.4 Å². The third kappa shape index (κ3) is 4.03. The molecule has 6 heteroatoms. The van der Waals surface area contributed by atoms with Gasteiger partial charge in [-0.05, 0) is 50.8 Å². The third-order valence-corrected chi connectivity index (χ3v) is 4.69. The Kier molecular flexibility index (Phi) is 5.88. The Morgan fingerprint density at radius 3 is 2.36 bits per heavy atom. The predicted molar refractivity (Wildman–Crippen MR) is 102 cm³/mol. The van der Waals surface area contributed by atoms with Crippen LogP contribution in [0.2, 0.25) is 0 Å². The van der Waals surface area contributed by atoms with Gasteiger partial charge in [0.15, 0.2) is 11.5 Å². The zero-order chi connectivity index (χ0) is 17.3. The van der Waals surface area contributed by atoms with Gasteiger partial charge >= 0.3 is 0 Å². The molecular formula is C19H27ClN2O3. The maximum atomic E-state index is 12.6. The van der Waals surface area contributed by atoms with Crippen molar-refractivity contribution in [1.29, 1.82) is 0 Å². The van der Waals surface area contributed by atoms with Crippen LogP contribution in [-0.4, -0.2) is 43.7 Å². The third-order valence-electron chi connectivity index (χ3n) is 4.69. The number of methoxy groups -OCH3 is 2. The lowest BCUT2D eigenvalue weighted by Crippen LogP contribution is -2.44. The topological polar surface area (TPSA) is 50.8 Å². The SMILES string of the molecule is COc1cc2c(cc1OC)C(=CC(=O)N1CCCC1)NC(C)(C)C2.Cl. The number of hydrogen-bond acceptors (Lipinski definition) is 4. The van der Waals surface area contributed by atoms with E-state index >= 15 is 0 Å². The molecule has 2 heterocycles. The summed E-state index contributed by atoms with van der Waals surface area (Å²) in [6.07, 6.45) is 4.78. The minimum atomic E-state index is -0.121. The Bertz CT molecular complexity index is 679. The van der Waals surface area contributed by atoms with Crippen molar-refractivity contribution >= 4 is 24.0 Å². The Morgan fingerprint density at radius 1 is 1.16 bits per heavy atom. The Balaban J connectivity index is 0.00000225. The van der Waals surface area contributed by atoms with Crippen LogP contribution in [0.5, 0.6) is 11.5 Å². The van der Waals surface area contributed by atoms with Crippen molar-refractivity contribution in [2.75, 3.05) is 27.3 Å². The van der Waals surface area contributed by atoms with Crippen molar-refractivity contribution < 1.29 is 14.3 Å². The van der Waals surface area contributed by atoms with Gasteiger partial charge in [0.2, 0.25) is 5.91 Å². The van der Waals surface area contributed by atoms with E-state index in [9.17, 15) is 4.79 Å². The molecule has 5 nitrogen and oxygen atoms in total. The van der Waals surface area contributed by atoms with Crippen LogP contribution < -0.4 is 14.8 Å². The molecule has 1 amide bonds. The average Bonchev–Trinajstić information content (AvgIpc) is 3.07. The van der Waals surface area contributed by atoms with Gasteiger partial charge in [0, 0.05) is 36.0 Å². The summed E-state index contributed by atoms with van der Waals surface area (Å²) in [7, 11) is 3.27. The fourth-order valence-corrected chi connectivity index (χ4v) is 3.54. The summed E-state index contributed by atoms with van der Waals surface area (Å²) in [5.41, 5.74) is 2.92. The van der Waals surface area contributed by atoms with E-state index in [4.69, 9.17) is 9.47 Å². The standard InChI is InChI=1S/C19H26N2O3.ClH/c1-19(2)12-13-9-16(23-3)17(24-4)10-14(13)15(20-19)11-18(22)21-7-5-6-8-21;/h9-11,20H,5-8,12H2,1-4H3;1H. The van der Waals surface area contributed by atoms with Crippen molar-refractivity contribution in [1.82, 2.24) is 10.2 Å². The summed E-state index contributed by atoms with van der Waals surface area (Å²) in [6, 6.07) is 3.98. The molecule has 0 radical (unpaired) electrons. The van der Waals surface area contributed by atoms with E-state index in [2.05, 4.69) is 19.2 Å². The molecule has 2 aliphatic rings. The zero-order valence-electron chi connectivity index (χ0n) is 15.3. The first-order valence-corrected chi connectivity index (χ1v) is 8.47. The van der Waals surface area contributed by atoms with Crippen molar-refractivity contribution in [2.24, 2.45) is 0 Å². The molecule has 0 bridgehead atoms. The van der Waals surface area contributed by atoms with Gasteiger partial charge in [0.25, 0.3) is 0 Å². The summed E-state index contributed by atoms with van der Waals surface area (Å²) in [5, 5.41) is 3.51. The molecule has 1 saturated heterocycles. The highest BCUT2D eigenvalue weighted by Crippen LogP contribution is 2.38. The van der Waals surface area contributed by atoms with E-state index in [1.807, 2.05) is 17.0 Å². The molecular weight excluding hydrogens is 340 g/mol. The molecule has 0 atom stereocenters. The number of halogens is 1. The van der Waals surface area contributed by atoms with Crippen LogP contribution in [0.3, 0.4) is 0 Å². The Labute approximate surface area is 155 Å². The largest absolute Gasteiger partial charge is 0.493 e. The van der Waals surface area contributed by atoms with E-state index in [-0.39, 0.29) is 23.9 Å². The van der Waals surface area contributed by atoms with Crippen molar-refractivity contribution in [3.05, 3.63) is 29.3 Å². The summed E-state index contributed by atoms with van der Waals surface area (Å²) >= 11 is 0. The first-order chi connectivity index (χ1) is 11.4. The monoisotopic (exact) mass is 366 g/mol. The number of nitrogens with zero attached hydrogens (tertiary/aromatic N) is 1. The van der Waals surface area contributed by atoms with Gasteiger partial charge in [-0.3, -0.25) is 4.79 Å². The van der Waals surface area contributed by atoms with Crippen molar-refractivity contribution in [3.63, 3.8) is 0 Å². The highest BCUT2D eigenvalue weighted by Gasteiger charge is 2.30. The minimum Gasteiger partial charge on any atom is -0.493 e. The number of hydrogen-bond donors (Lipinski definition) is 1. The lowest BCUT2D eigenvalue weighted by atomic mass is 9.85. The number of carbonyl (C=O) groups excluding carboxylic acids is 1. The van der Waals surface area contributed by atoms with E-state index in [1.165, 1.54) is 0 Å². The molecule has 1 aromatic carbocycles. The van der Waals surface area contributed by atoms with E-state index < -0.39 is 0 Å². The van der Waals surface area contributed by atoms with E-state index in [0.717, 1.165) is 54.9 Å². The lowest BCUT2D eigenvalue weighted by Gasteiger charge is -2.36. The quantitative estimate of drug-likeness (QED) is 0.835. The van der Waals surface area contributed by atoms with Gasteiger partial charge in [-0.25, -0.2) is 0 Å². The van der Waals surface area contributed by atoms with Crippen LogP contribution in [0.15, 0.2) is 18.2 Å². The maximum Gasteiger partial charge on any atom is 0.248 e. The van der Waals surface area contributed by atoms with Gasteiger partial charge in [0.05, 0.1) is 14.2 Å². The van der Waals surface area contributed by atoms with Crippen LogP contribution in [-0.2, 0) is 11.2 Å². The second kappa shape index (κ2) is 7.56. The number of ether oxygens (including phenoxy) is 2. The molecule has 0 aliphatic carbocycles. The normalized spacial score (nSPS) is 19.7. The van der Waals surface area contributed by atoms with Crippen molar-refractivity contribution in [2.45, 2.75) is 38.6 Å². The van der Waals surface area contributed by atoms with E-state index in [0.29, 0.717) is 5.75 Å². The number of benzene rings is 1. The van der Waals surface area contributed by atoms with Crippen LogP contribution in [0, 0.1) is 0 Å². The Morgan fingerprint density at radius 2 is 1.76 bits per heavy atom. The maximum absolute atomic E-state index is 12.6. The fraction of sp³-hybridized carbons (Fsp3) is 0.526. The van der Waals surface area contributed by atoms with Gasteiger partial charge in [0.1, 0.15) is 0 Å². The molecule has 1 fully saturated rings. The highest BCUT2D eigenvalue weighted by atomic mass is 35.5. The molecule has 0 saturated carbocycles. The number of nitrogens with one attached hydrogen (secondary N) is 1. The minimum absolute atomic E-state index is 0. The smallest absolute Gasteiger partial charge is 0.248 e. The molecule has 2 aliphatic heterocycles. The second-order valence-corrected chi connectivity index (χ2v) is 7.14. The Hall–Kier alpha value is -1.88. The molecule has 1 aromatic rings.